The molecule has 0 heterocycles. The van der Waals surface area contributed by atoms with Crippen LogP contribution in [0.3, 0.4) is 0 Å². The molecule has 1 atom stereocenters. The zero-order valence-electron chi connectivity index (χ0n) is 15.9. The van der Waals surface area contributed by atoms with E-state index in [0.717, 1.165) is 6.42 Å². The number of allylic oxidation sites excluding steroid dienone is 4. The third-order valence-electron chi connectivity index (χ3n) is 5.71. The van der Waals surface area contributed by atoms with Gasteiger partial charge in [-0.25, -0.2) is 0 Å². The Hall–Kier alpha value is -2.86. The van der Waals surface area contributed by atoms with Crippen molar-refractivity contribution in [3.8, 4) is 0 Å². The average molecular weight is 351 g/mol. The lowest BCUT2D eigenvalue weighted by molar-refractivity contribution is 0.493. The first-order valence-corrected chi connectivity index (χ1v) is 9.91. The first-order valence-electron chi connectivity index (χ1n) is 9.91. The summed E-state index contributed by atoms with van der Waals surface area (Å²) in [6.07, 6.45) is 9.28. The number of benzene rings is 3. The molecule has 134 valence electrons. The zero-order chi connectivity index (χ0) is 18.5. The standard InChI is InChI=1S/C27H26/c1-2-13-22-14-12-21-26(22)27(23-15-6-3-7-16-23,24-17-8-4-9-18-24)25-19-10-5-11-20-25/h3-12,14-21,26H,2,13H2,1H3. The maximum Gasteiger partial charge on any atom is 0.0551 e. The molecule has 1 aliphatic rings. The van der Waals surface area contributed by atoms with Gasteiger partial charge in [0.05, 0.1) is 5.41 Å². The number of hydrogen-bond acceptors (Lipinski definition) is 0. The van der Waals surface area contributed by atoms with Crippen molar-refractivity contribution >= 4 is 0 Å². The van der Waals surface area contributed by atoms with Crippen LogP contribution in [0.1, 0.15) is 36.5 Å². The second-order valence-electron chi connectivity index (χ2n) is 7.26. The molecule has 4 rings (SSSR count). The highest BCUT2D eigenvalue weighted by Crippen LogP contribution is 2.50. The van der Waals surface area contributed by atoms with E-state index >= 15 is 0 Å². The van der Waals surface area contributed by atoms with E-state index < -0.39 is 0 Å². The van der Waals surface area contributed by atoms with Gasteiger partial charge in [-0.1, -0.05) is 128 Å². The van der Waals surface area contributed by atoms with E-state index in [9.17, 15) is 0 Å². The van der Waals surface area contributed by atoms with Crippen molar-refractivity contribution < 1.29 is 0 Å². The zero-order valence-corrected chi connectivity index (χ0v) is 15.9. The van der Waals surface area contributed by atoms with Crippen LogP contribution in [0.15, 0.2) is 115 Å². The highest BCUT2D eigenvalue weighted by molar-refractivity contribution is 5.56. The van der Waals surface area contributed by atoms with Gasteiger partial charge in [-0.3, -0.25) is 0 Å². The van der Waals surface area contributed by atoms with E-state index in [1.807, 2.05) is 0 Å². The summed E-state index contributed by atoms with van der Waals surface area (Å²) >= 11 is 0. The maximum atomic E-state index is 2.40. The Kier molecular flexibility index (Phi) is 5.07. The van der Waals surface area contributed by atoms with Crippen molar-refractivity contribution in [1.29, 1.82) is 0 Å². The average Bonchev–Trinajstić information content (AvgIpc) is 3.20. The third-order valence-corrected chi connectivity index (χ3v) is 5.71. The van der Waals surface area contributed by atoms with Gasteiger partial charge in [-0.15, -0.1) is 0 Å². The molecule has 0 aromatic heterocycles. The fourth-order valence-electron chi connectivity index (χ4n) is 4.61. The van der Waals surface area contributed by atoms with Crippen LogP contribution < -0.4 is 0 Å². The molecule has 0 saturated carbocycles. The Morgan fingerprint density at radius 3 is 1.52 bits per heavy atom. The Bertz CT molecular complexity index is 821. The van der Waals surface area contributed by atoms with Gasteiger partial charge in [0.25, 0.3) is 0 Å². The van der Waals surface area contributed by atoms with Gasteiger partial charge in [-0.2, -0.15) is 0 Å². The third kappa shape index (κ3) is 3.06. The molecular formula is C27H26. The molecule has 3 aromatic carbocycles. The largest absolute Gasteiger partial charge is 0.0758 e. The molecule has 0 aliphatic heterocycles. The summed E-state index contributed by atoms with van der Waals surface area (Å²) in [7, 11) is 0. The second-order valence-corrected chi connectivity index (χ2v) is 7.26. The summed E-state index contributed by atoms with van der Waals surface area (Å²) < 4.78 is 0. The van der Waals surface area contributed by atoms with Gasteiger partial charge in [0.2, 0.25) is 0 Å². The molecule has 0 nitrogen and oxygen atoms in total. The summed E-state index contributed by atoms with van der Waals surface area (Å²) in [5, 5.41) is 0. The minimum atomic E-state index is -0.224. The van der Waals surface area contributed by atoms with Gasteiger partial charge in [-0.05, 0) is 23.1 Å². The van der Waals surface area contributed by atoms with Gasteiger partial charge < -0.3 is 0 Å². The van der Waals surface area contributed by atoms with E-state index in [4.69, 9.17) is 0 Å². The lowest BCUT2D eigenvalue weighted by atomic mass is 9.60. The van der Waals surface area contributed by atoms with Gasteiger partial charge >= 0.3 is 0 Å². The predicted molar refractivity (Wildman–Crippen MR) is 115 cm³/mol. The van der Waals surface area contributed by atoms with Crippen molar-refractivity contribution in [2.75, 3.05) is 0 Å². The topological polar surface area (TPSA) is 0 Å². The van der Waals surface area contributed by atoms with Crippen LogP contribution in [0.2, 0.25) is 0 Å². The van der Waals surface area contributed by atoms with E-state index in [1.165, 1.54) is 28.7 Å². The fourth-order valence-corrected chi connectivity index (χ4v) is 4.61. The van der Waals surface area contributed by atoms with Crippen LogP contribution in [0.25, 0.3) is 0 Å². The summed E-state index contributed by atoms with van der Waals surface area (Å²) in [4.78, 5) is 0. The lowest BCUT2D eigenvalue weighted by Crippen LogP contribution is -2.37. The molecule has 0 spiro atoms. The van der Waals surface area contributed by atoms with Crippen LogP contribution in [0.5, 0.6) is 0 Å². The van der Waals surface area contributed by atoms with Crippen molar-refractivity contribution in [1.82, 2.24) is 0 Å². The van der Waals surface area contributed by atoms with Crippen molar-refractivity contribution in [3.63, 3.8) is 0 Å². The molecule has 0 N–H and O–H groups in total. The molecule has 0 saturated heterocycles. The van der Waals surface area contributed by atoms with Crippen LogP contribution in [0.4, 0.5) is 0 Å². The van der Waals surface area contributed by atoms with Gasteiger partial charge in [0, 0.05) is 5.92 Å². The van der Waals surface area contributed by atoms with Crippen molar-refractivity contribution in [2.24, 2.45) is 5.92 Å². The smallest absolute Gasteiger partial charge is 0.0551 e. The molecule has 0 amide bonds. The molecule has 0 fully saturated rings. The summed E-state index contributed by atoms with van der Waals surface area (Å²) in [6, 6.07) is 33.0. The first kappa shape index (κ1) is 17.5. The first-order chi connectivity index (χ1) is 13.4. The molecule has 0 radical (unpaired) electrons. The molecule has 0 bridgehead atoms. The second kappa shape index (κ2) is 7.80. The molecule has 1 aliphatic carbocycles. The Labute approximate surface area is 162 Å². The molecule has 0 heteroatoms. The minimum Gasteiger partial charge on any atom is -0.0758 e. The van der Waals surface area contributed by atoms with Crippen LogP contribution >= 0.6 is 0 Å². The van der Waals surface area contributed by atoms with Crippen molar-refractivity contribution in [3.05, 3.63) is 131 Å². The molecule has 1 unspecified atom stereocenters. The normalized spacial score (nSPS) is 16.3. The SMILES string of the molecule is CCCC1=CC=CC1C(c1ccccc1)(c1ccccc1)c1ccccc1. The van der Waals surface area contributed by atoms with Gasteiger partial charge in [0.1, 0.15) is 0 Å². The quantitative estimate of drug-likeness (QED) is 0.423. The number of rotatable bonds is 6. The van der Waals surface area contributed by atoms with Crippen LogP contribution in [-0.2, 0) is 5.41 Å². The summed E-state index contributed by atoms with van der Waals surface area (Å²) in [6.45, 7) is 2.27. The monoisotopic (exact) mass is 350 g/mol. The fraction of sp³-hybridized carbons (Fsp3) is 0.185. The van der Waals surface area contributed by atoms with Crippen molar-refractivity contribution in [2.45, 2.75) is 25.2 Å². The molecule has 3 aromatic rings. The molecular weight excluding hydrogens is 324 g/mol. The van der Waals surface area contributed by atoms with E-state index in [0.29, 0.717) is 5.92 Å². The highest BCUT2D eigenvalue weighted by atomic mass is 14.5. The molecule has 27 heavy (non-hydrogen) atoms. The maximum absolute atomic E-state index is 2.40. The summed E-state index contributed by atoms with van der Waals surface area (Å²) in [5.74, 6) is 0.324. The lowest BCUT2D eigenvalue weighted by Gasteiger charge is -2.42. The minimum absolute atomic E-state index is 0.224. The van der Waals surface area contributed by atoms with Crippen LogP contribution in [0, 0.1) is 5.92 Å². The predicted octanol–water partition coefficient (Wildman–Crippen LogP) is 6.93. The number of hydrogen-bond donors (Lipinski definition) is 0. The van der Waals surface area contributed by atoms with E-state index in [1.54, 1.807) is 0 Å². The van der Waals surface area contributed by atoms with Gasteiger partial charge in [0.15, 0.2) is 0 Å². The Morgan fingerprint density at radius 2 is 1.11 bits per heavy atom. The highest BCUT2D eigenvalue weighted by Gasteiger charge is 2.44. The summed E-state index contributed by atoms with van der Waals surface area (Å²) in [5.41, 5.74) is 5.34. The van der Waals surface area contributed by atoms with Crippen LogP contribution in [-0.4, -0.2) is 0 Å². The Balaban J connectivity index is 2.04. The Morgan fingerprint density at radius 1 is 0.667 bits per heavy atom. The van der Waals surface area contributed by atoms with E-state index in [2.05, 4.69) is 116 Å². The van der Waals surface area contributed by atoms with E-state index in [-0.39, 0.29) is 5.41 Å².